The smallest absolute Gasteiger partial charge is 0.190 e. The molecule has 3 nitrogen and oxygen atoms in total. The summed E-state index contributed by atoms with van der Waals surface area (Å²) < 4.78 is 2.91. The quantitative estimate of drug-likeness (QED) is 0.710. The van der Waals surface area contributed by atoms with Gasteiger partial charge in [-0.1, -0.05) is 25.4 Å². The van der Waals surface area contributed by atoms with Gasteiger partial charge in [0.25, 0.3) is 0 Å². The third-order valence-electron chi connectivity index (χ3n) is 3.10. The minimum absolute atomic E-state index is 0.0142. The van der Waals surface area contributed by atoms with E-state index in [1.165, 1.54) is 0 Å². The molecule has 0 spiro atoms. The third kappa shape index (κ3) is 2.25. The molecule has 0 N–H and O–H groups in total. The number of rotatable bonds is 2. The van der Waals surface area contributed by atoms with E-state index >= 15 is 0 Å². The molecule has 0 radical (unpaired) electrons. The van der Waals surface area contributed by atoms with Crippen LogP contribution in [0.25, 0.3) is 15.1 Å². The predicted molar refractivity (Wildman–Crippen MR) is 84.3 cm³/mol. The van der Waals surface area contributed by atoms with Gasteiger partial charge in [-0.15, -0.1) is 11.3 Å². The summed E-state index contributed by atoms with van der Waals surface area (Å²) in [5.74, 6) is 1.25. The maximum Gasteiger partial charge on any atom is 0.190 e. The fraction of sp³-hybridized carbons (Fsp3) is 0.200. The third-order valence-corrected chi connectivity index (χ3v) is 4.43. The second kappa shape index (κ2) is 5.04. The first kappa shape index (κ1) is 13.3. The lowest BCUT2D eigenvalue weighted by molar-refractivity contribution is 0.755. The molecule has 0 fully saturated rings. The molecule has 0 aliphatic heterocycles. The van der Waals surface area contributed by atoms with Crippen molar-refractivity contribution in [1.29, 1.82) is 0 Å². The van der Waals surface area contributed by atoms with Crippen molar-refractivity contribution in [3.8, 4) is 5.00 Å². The highest BCUT2D eigenvalue weighted by molar-refractivity contribution is 7.20. The Hall–Kier alpha value is -1.65. The van der Waals surface area contributed by atoms with E-state index in [0.29, 0.717) is 16.3 Å². The van der Waals surface area contributed by atoms with Gasteiger partial charge >= 0.3 is 0 Å². The Morgan fingerprint density at radius 3 is 2.85 bits per heavy atom. The second-order valence-electron chi connectivity index (χ2n) is 4.90. The maximum atomic E-state index is 12.2. The molecule has 2 aromatic heterocycles. The van der Waals surface area contributed by atoms with E-state index in [1.54, 1.807) is 35.7 Å². The van der Waals surface area contributed by atoms with Crippen LogP contribution in [0.4, 0.5) is 0 Å². The van der Waals surface area contributed by atoms with Crippen molar-refractivity contribution in [2.24, 2.45) is 0 Å². The number of hydrogen-bond acceptors (Lipinski definition) is 3. The Morgan fingerprint density at radius 2 is 2.10 bits per heavy atom. The van der Waals surface area contributed by atoms with Crippen molar-refractivity contribution < 1.29 is 0 Å². The Balaban J connectivity index is 2.25. The lowest BCUT2D eigenvalue weighted by Gasteiger charge is -2.10. The first-order chi connectivity index (χ1) is 9.56. The zero-order chi connectivity index (χ0) is 14.3. The molecule has 0 unspecified atom stereocenters. The van der Waals surface area contributed by atoms with E-state index in [9.17, 15) is 4.79 Å². The summed E-state index contributed by atoms with van der Waals surface area (Å²) in [5, 5.41) is 2.13. The number of benzene rings is 1. The molecule has 0 bridgehead atoms. The van der Waals surface area contributed by atoms with Crippen LogP contribution in [0.15, 0.2) is 41.5 Å². The first-order valence-corrected chi connectivity index (χ1v) is 7.53. The van der Waals surface area contributed by atoms with Crippen LogP contribution in [0.2, 0.25) is 5.02 Å². The van der Waals surface area contributed by atoms with Gasteiger partial charge in [-0.3, -0.25) is 9.36 Å². The molecule has 0 atom stereocenters. The summed E-state index contributed by atoms with van der Waals surface area (Å²) in [6.07, 6.45) is 3.65. The summed E-state index contributed by atoms with van der Waals surface area (Å²) in [7, 11) is 0. The van der Waals surface area contributed by atoms with E-state index in [-0.39, 0.29) is 5.43 Å². The standard InChI is InChI=1S/C15H13ClN2OS/c1-9(2)15-17-5-6-18(15)14-8-12(19)11-7-10(16)3-4-13(11)20-14/h3-9H,1-2H3. The fourth-order valence-corrected chi connectivity index (χ4v) is 3.38. The van der Waals surface area contributed by atoms with Crippen molar-refractivity contribution in [2.45, 2.75) is 19.8 Å². The lowest BCUT2D eigenvalue weighted by Crippen LogP contribution is -2.06. The van der Waals surface area contributed by atoms with Crippen molar-refractivity contribution in [2.75, 3.05) is 0 Å². The van der Waals surface area contributed by atoms with Gasteiger partial charge in [-0.25, -0.2) is 4.98 Å². The van der Waals surface area contributed by atoms with E-state index in [4.69, 9.17) is 11.6 Å². The second-order valence-corrected chi connectivity index (χ2v) is 6.40. The monoisotopic (exact) mass is 304 g/mol. The predicted octanol–water partition coefficient (Wildman–Crippen LogP) is 4.22. The minimum Gasteiger partial charge on any atom is -0.295 e. The lowest BCUT2D eigenvalue weighted by atomic mass is 10.2. The Kier molecular flexibility index (Phi) is 3.36. The molecule has 2 heterocycles. The highest BCUT2D eigenvalue weighted by Gasteiger charge is 2.11. The number of nitrogens with zero attached hydrogens (tertiary/aromatic N) is 2. The number of fused-ring (bicyclic) bond motifs is 1. The normalized spacial score (nSPS) is 11.4. The maximum absolute atomic E-state index is 12.2. The topological polar surface area (TPSA) is 34.9 Å². The molecule has 3 aromatic rings. The molecule has 3 rings (SSSR count). The zero-order valence-corrected chi connectivity index (χ0v) is 12.7. The molecular weight excluding hydrogens is 292 g/mol. The van der Waals surface area contributed by atoms with Crippen molar-refractivity contribution >= 4 is 33.0 Å². The van der Waals surface area contributed by atoms with E-state index in [0.717, 1.165) is 15.5 Å². The van der Waals surface area contributed by atoms with Gasteiger partial charge in [0.15, 0.2) is 5.43 Å². The zero-order valence-electron chi connectivity index (χ0n) is 11.1. The van der Waals surface area contributed by atoms with Crippen molar-refractivity contribution in [3.63, 3.8) is 0 Å². The van der Waals surface area contributed by atoms with Crippen LogP contribution in [0.3, 0.4) is 0 Å². The molecular formula is C15H13ClN2OS. The molecule has 0 amide bonds. The van der Waals surface area contributed by atoms with E-state index < -0.39 is 0 Å². The van der Waals surface area contributed by atoms with Crippen LogP contribution < -0.4 is 5.43 Å². The number of imidazole rings is 1. The van der Waals surface area contributed by atoms with Gasteiger partial charge in [0.1, 0.15) is 10.8 Å². The Bertz CT molecular complexity index is 835. The average Bonchev–Trinajstić information content (AvgIpc) is 2.89. The van der Waals surface area contributed by atoms with Gasteiger partial charge in [0.2, 0.25) is 0 Å². The Morgan fingerprint density at radius 1 is 1.30 bits per heavy atom. The fourth-order valence-electron chi connectivity index (χ4n) is 2.16. The summed E-state index contributed by atoms with van der Waals surface area (Å²) in [4.78, 5) is 16.6. The number of hydrogen-bond donors (Lipinski definition) is 0. The largest absolute Gasteiger partial charge is 0.295 e. The van der Waals surface area contributed by atoms with Crippen LogP contribution in [0.1, 0.15) is 25.6 Å². The van der Waals surface area contributed by atoms with E-state index in [1.807, 2.05) is 16.8 Å². The van der Waals surface area contributed by atoms with Crippen LogP contribution in [-0.2, 0) is 0 Å². The molecule has 0 aliphatic carbocycles. The molecule has 20 heavy (non-hydrogen) atoms. The van der Waals surface area contributed by atoms with Gasteiger partial charge in [-0.2, -0.15) is 0 Å². The summed E-state index contributed by atoms with van der Waals surface area (Å²) in [6.45, 7) is 4.17. The Labute approximate surface area is 125 Å². The van der Waals surface area contributed by atoms with Crippen LogP contribution in [0, 0.1) is 0 Å². The molecule has 0 saturated carbocycles. The SMILES string of the molecule is CC(C)c1nccn1-c1cc(=O)c2cc(Cl)ccc2s1. The average molecular weight is 305 g/mol. The van der Waals surface area contributed by atoms with Crippen molar-refractivity contribution in [3.05, 3.63) is 57.7 Å². The highest BCUT2D eigenvalue weighted by Crippen LogP contribution is 2.26. The molecule has 1 aromatic carbocycles. The molecule has 5 heteroatoms. The van der Waals surface area contributed by atoms with Crippen LogP contribution >= 0.6 is 22.9 Å². The molecule has 102 valence electrons. The molecule has 0 aliphatic rings. The molecule has 0 saturated heterocycles. The first-order valence-electron chi connectivity index (χ1n) is 6.33. The summed E-state index contributed by atoms with van der Waals surface area (Å²) >= 11 is 7.51. The summed E-state index contributed by atoms with van der Waals surface area (Å²) in [5.41, 5.74) is -0.0142. The van der Waals surface area contributed by atoms with Crippen molar-refractivity contribution in [1.82, 2.24) is 9.55 Å². The van der Waals surface area contributed by atoms with Gasteiger partial charge < -0.3 is 0 Å². The summed E-state index contributed by atoms with van der Waals surface area (Å²) in [6, 6.07) is 7.06. The van der Waals surface area contributed by atoms with Crippen LogP contribution in [0.5, 0.6) is 0 Å². The highest BCUT2D eigenvalue weighted by atomic mass is 35.5. The van der Waals surface area contributed by atoms with Crippen LogP contribution in [-0.4, -0.2) is 9.55 Å². The van der Waals surface area contributed by atoms with Gasteiger partial charge in [-0.05, 0) is 18.2 Å². The van der Waals surface area contributed by atoms with Gasteiger partial charge in [0.05, 0.1) is 0 Å². The number of halogens is 1. The van der Waals surface area contributed by atoms with Gasteiger partial charge in [0, 0.05) is 39.5 Å². The number of aromatic nitrogens is 2. The van der Waals surface area contributed by atoms with E-state index in [2.05, 4.69) is 18.8 Å². The minimum atomic E-state index is -0.0142.